The summed E-state index contributed by atoms with van der Waals surface area (Å²) in [6.07, 6.45) is -3.08. The maximum Gasteiger partial charge on any atom is 0.416 e. The molecule has 0 aliphatic carbocycles. The lowest BCUT2D eigenvalue weighted by molar-refractivity contribution is -0.0886. The largest absolute Gasteiger partial charge is 0.416 e. The molecule has 0 aromatic heterocycles. The second-order valence-corrected chi connectivity index (χ2v) is 1.54. The van der Waals surface area contributed by atoms with Crippen molar-refractivity contribution in [2.75, 3.05) is 6.61 Å². The van der Waals surface area contributed by atoms with Gasteiger partial charge in [0.15, 0.2) is 0 Å². The van der Waals surface area contributed by atoms with E-state index in [0.29, 0.717) is 12.2 Å². The third-order valence-corrected chi connectivity index (χ3v) is 0.858. The van der Waals surface area contributed by atoms with Crippen LogP contribution in [0, 0.1) is 0 Å². The van der Waals surface area contributed by atoms with Crippen molar-refractivity contribution in [1.82, 2.24) is 0 Å². The summed E-state index contributed by atoms with van der Waals surface area (Å²) < 4.78 is 35.0. The molecule has 0 saturated heterocycles. The second-order valence-electron chi connectivity index (χ2n) is 1.54. The van der Waals surface area contributed by atoms with Gasteiger partial charge in [-0.15, -0.1) is 0 Å². The molecule has 10 heavy (non-hydrogen) atoms. The number of aliphatic hydroxyl groups is 1. The second kappa shape index (κ2) is 3.41. The molecule has 0 amide bonds. The van der Waals surface area contributed by atoms with E-state index in [-0.39, 0.29) is 0 Å². The highest BCUT2D eigenvalue weighted by Gasteiger charge is 2.30. The van der Waals surface area contributed by atoms with Gasteiger partial charge in [-0.25, -0.2) is 0 Å². The standard InChI is InChI=1S/C6H7F3O/c1-2-5(3-4-10)6(7,8)9/h2-3,10H,1,4H2/b5-3-. The molecule has 1 nitrogen and oxygen atoms in total. The monoisotopic (exact) mass is 152 g/mol. The SMILES string of the molecule is C=C/C(=C/CO)C(F)(F)F. The fourth-order valence-electron chi connectivity index (χ4n) is 0.413. The van der Waals surface area contributed by atoms with Gasteiger partial charge in [-0.05, 0) is 6.08 Å². The summed E-state index contributed by atoms with van der Waals surface area (Å²) in [5.74, 6) is 0. The van der Waals surface area contributed by atoms with Gasteiger partial charge in [-0.1, -0.05) is 12.7 Å². The quantitative estimate of drug-likeness (QED) is 0.596. The fourth-order valence-corrected chi connectivity index (χ4v) is 0.413. The Kier molecular flexibility index (Phi) is 3.15. The van der Waals surface area contributed by atoms with Crippen LogP contribution in [0.15, 0.2) is 24.3 Å². The van der Waals surface area contributed by atoms with Crippen molar-refractivity contribution < 1.29 is 18.3 Å². The van der Waals surface area contributed by atoms with E-state index in [1.54, 1.807) is 0 Å². The number of alkyl halides is 3. The van der Waals surface area contributed by atoms with Gasteiger partial charge in [-0.2, -0.15) is 13.2 Å². The van der Waals surface area contributed by atoms with Gasteiger partial charge in [-0.3, -0.25) is 0 Å². The first kappa shape index (κ1) is 9.23. The summed E-state index contributed by atoms with van der Waals surface area (Å²) in [4.78, 5) is 0. The maximum atomic E-state index is 11.7. The predicted molar refractivity (Wildman–Crippen MR) is 31.4 cm³/mol. The molecule has 58 valence electrons. The number of aliphatic hydroxyl groups excluding tert-OH is 1. The van der Waals surface area contributed by atoms with Crippen LogP contribution < -0.4 is 0 Å². The van der Waals surface area contributed by atoms with Crippen molar-refractivity contribution in [2.24, 2.45) is 0 Å². The summed E-state index contributed by atoms with van der Waals surface area (Å²) in [7, 11) is 0. The summed E-state index contributed by atoms with van der Waals surface area (Å²) in [5, 5.41) is 8.11. The predicted octanol–water partition coefficient (Wildman–Crippen LogP) is 1.65. The van der Waals surface area contributed by atoms with Crippen LogP contribution in [0.25, 0.3) is 0 Å². The summed E-state index contributed by atoms with van der Waals surface area (Å²) in [6.45, 7) is 2.32. The molecule has 0 fully saturated rings. The van der Waals surface area contributed by atoms with Crippen LogP contribution in [0.3, 0.4) is 0 Å². The van der Waals surface area contributed by atoms with Gasteiger partial charge in [0, 0.05) is 0 Å². The first-order valence-electron chi connectivity index (χ1n) is 2.53. The van der Waals surface area contributed by atoms with Crippen LogP contribution in [0.5, 0.6) is 0 Å². The summed E-state index contributed by atoms with van der Waals surface area (Å²) >= 11 is 0. The lowest BCUT2D eigenvalue weighted by atomic mass is 10.2. The molecular weight excluding hydrogens is 145 g/mol. The van der Waals surface area contributed by atoms with Crippen LogP contribution in [-0.4, -0.2) is 17.9 Å². The topological polar surface area (TPSA) is 20.2 Å². The van der Waals surface area contributed by atoms with Crippen LogP contribution in [0.4, 0.5) is 13.2 Å². The Bertz CT molecular complexity index is 146. The molecule has 0 saturated carbocycles. The van der Waals surface area contributed by atoms with E-state index in [1.807, 2.05) is 0 Å². The van der Waals surface area contributed by atoms with Gasteiger partial charge >= 0.3 is 6.18 Å². The van der Waals surface area contributed by atoms with Crippen LogP contribution >= 0.6 is 0 Å². The third-order valence-electron chi connectivity index (χ3n) is 0.858. The molecular formula is C6H7F3O. The summed E-state index contributed by atoms with van der Waals surface area (Å²) in [6, 6.07) is 0. The number of hydrogen-bond acceptors (Lipinski definition) is 1. The highest BCUT2D eigenvalue weighted by atomic mass is 19.4. The van der Waals surface area contributed by atoms with Crippen molar-refractivity contribution in [3.8, 4) is 0 Å². The van der Waals surface area contributed by atoms with Gasteiger partial charge in [0.1, 0.15) is 0 Å². The lowest BCUT2D eigenvalue weighted by Crippen LogP contribution is -2.10. The first-order chi connectivity index (χ1) is 4.52. The molecule has 0 unspecified atom stereocenters. The van der Waals surface area contributed by atoms with Crippen molar-refractivity contribution in [3.63, 3.8) is 0 Å². The van der Waals surface area contributed by atoms with Crippen molar-refractivity contribution in [1.29, 1.82) is 0 Å². The number of rotatable bonds is 2. The van der Waals surface area contributed by atoms with E-state index in [4.69, 9.17) is 5.11 Å². The van der Waals surface area contributed by atoms with Crippen molar-refractivity contribution in [3.05, 3.63) is 24.3 Å². The Balaban J connectivity index is 4.36. The van der Waals surface area contributed by atoms with E-state index in [1.165, 1.54) is 0 Å². The number of halogens is 3. The van der Waals surface area contributed by atoms with Crippen molar-refractivity contribution in [2.45, 2.75) is 6.18 Å². The minimum Gasteiger partial charge on any atom is -0.392 e. The molecule has 0 aromatic carbocycles. The first-order valence-corrected chi connectivity index (χ1v) is 2.53. The summed E-state index contributed by atoms with van der Waals surface area (Å²) in [5.41, 5.74) is -0.907. The highest BCUT2D eigenvalue weighted by Crippen LogP contribution is 2.25. The van der Waals surface area contributed by atoms with Gasteiger partial charge in [0.2, 0.25) is 0 Å². The van der Waals surface area contributed by atoms with E-state index in [9.17, 15) is 13.2 Å². The van der Waals surface area contributed by atoms with Gasteiger partial charge in [0.05, 0.1) is 12.2 Å². The Morgan fingerprint density at radius 2 is 2.00 bits per heavy atom. The number of hydrogen-bond donors (Lipinski definition) is 1. The molecule has 0 aliphatic rings. The Labute approximate surface area is 56.5 Å². The molecule has 0 rings (SSSR count). The molecule has 0 spiro atoms. The third kappa shape index (κ3) is 2.68. The Morgan fingerprint density at radius 1 is 1.50 bits per heavy atom. The average molecular weight is 152 g/mol. The zero-order valence-corrected chi connectivity index (χ0v) is 5.15. The fraction of sp³-hybridized carbons (Fsp3) is 0.333. The van der Waals surface area contributed by atoms with E-state index >= 15 is 0 Å². The van der Waals surface area contributed by atoms with Crippen LogP contribution in [0.2, 0.25) is 0 Å². The van der Waals surface area contributed by atoms with E-state index in [2.05, 4.69) is 6.58 Å². The minimum absolute atomic E-state index is 0.624. The molecule has 0 atom stereocenters. The molecule has 0 aliphatic heterocycles. The van der Waals surface area contributed by atoms with Crippen LogP contribution in [0.1, 0.15) is 0 Å². The van der Waals surface area contributed by atoms with Crippen molar-refractivity contribution >= 4 is 0 Å². The van der Waals surface area contributed by atoms with Gasteiger partial charge in [0.25, 0.3) is 0 Å². The average Bonchev–Trinajstić information content (AvgIpc) is 1.80. The smallest absolute Gasteiger partial charge is 0.392 e. The molecule has 1 N–H and O–H groups in total. The normalized spacial score (nSPS) is 13.4. The van der Waals surface area contributed by atoms with Crippen LogP contribution in [-0.2, 0) is 0 Å². The molecule has 0 radical (unpaired) electrons. The molecule has 0 bridgehead atoms. The Hall–Kier alpha value is -0.770. The van der Waals surface area contributed by atoms with E-state index < -0.39 is 18.4 Å². The number of allylic oxidation sites excluding steroid dienone is 2. The minimum atomic E-state index is -4.40. The lowest BCUT2D eigenvalue weighted by Gasteiger charge is -2.05. The highest BCUT2D eigenvalue weighted by molar-refractivity contribution is 5.21. The molecule has 0 aromatic rings. The van der Waals surface area contributed by atoms with Gasteiger partial charge < -0.3 is 5.11 Å². The Morgan fingerprint density at radius 3 is 2.10 bits per heavy atom. The molecule has 0 heterocycles. The maximum absolute atomic E-state index is 11.7. The zero-order chi connectivity index (χ0) is 8.20. The van der Waals surface area contributed by atoms with E-state index in [0.717, 1.165) is 0 Å². The molecule has 4 heteroatoms. The zero-order valence-electron chi connectivity index (χ0n) is 5.15.